The molecule has 1 aliphatic rings. The Labute approximate surface area is 169 Å². The van der Waals surface area contributed by atoms with Gasteiger partial charge in [-0.3, -0.25) is 9.80 Å². The van der Waals surface area contributed by atoms with Crippen LogP contribution in [0.15, 0.2) is 40.9 Å². The van der Waals surface area contributed by atoms with Crippen LogP contribution in [0.1, 0.15) is 30.2 Å². The Morgan fingerprint density at radius 2 is 1.86 bits per heavy atom. The zero-order chi connectivity index (χ0) is 20.2. The number of piperazine rings is 1. The minimum Gasteiger partial charge on any atom is -0.368 e. The zero-order valence-electron chi connectivity index (χ0n) is 16.7. The maximum Gasteiger partial charge on any atom is 0.232 e. The van der Waals surface area contributed by atoms with E-state index in [2.05, 4.69) is 42.1 Å². The Morgan fingerprint density at radius 3 is 2.55 bits per heavy atom. The molecule has 0 unspecified atom stereocenters. The third-order valence-corrected chi connectivity index (χ3v) is 5.08. The third kappa shape index (κ3) is 4.87. The number of nitrogens with one attached hydrogen (secondary N) is 1. The number of hydrogen-bond donors (Lipinski definition) is 2. The monoisotopic (exact) mass is 394 g/mol. The molecule has 1 fully saturated rings. The molecule has 1 aromatic carbocycles. The van der Waals surface area contributed by atoms with Gasteiger partial charge in [0.2, 0.25) is 11.9 Å². The van der Waals surface area contributed by atoms with Gasteiger partial charge < -0.3 is 15.6 Å². The highest BCUT2D eigenvalue weighted by Gasteiger charge is 2.25. The average Bonchev–Trinajstić information content (AvgIpc) is 3.13. The van der Waals surface area contributed by atoms with Crippen LogP contribution in [-0.4, -0.2) is 56.1 Å². The number of benzene rings is 1. The van der Waals surface area contributed by atoms with Crippen molar-refractivity contribution >= 4 is 17.6 Å². The summed E-state index contributed by atoms with van der Waals surface area (Å²) >= 11 is 0. The van der Waals surface area contributed by atoms with Gasteiger partial charge in [0, 0.05) is 37.9 Å². The fourth-order valence-electron chi connectivity index (χ4n) is 3.49. The SMILES string of the molecule is Cc1cc(CN2CCN([C@@H](C)c3nc(N)nc(Nc4ccccc4)n3)CC2)on1. The van der Waals surface area contributed by atoms with Gasteiger partial charge in [-0.25, -0.2) is 0 Å². The van der Waals surface area contributed by atoms with Crippen molar-refractivity contribution < 1.29 is 4.52 Å². The summed E-state index contributed by atoms with van der Waals surface area (Å²) in [4.78, 5) is 17.9. The smallest absolute Gasteiger partial charge is 0.232 e. The topological polar surface area (TPSA) is 109 Å². The van der Waals surface area contributed by atoms with E-state index in [1.165, 1.54) is 0 Å². The number of nitrogens with zero attached hydrogens (tertiary/aromatic N) is 6. The van der Waals surface area contributed by atoms with E-state index in [-0.39, 0.29) is 12.0 Å². The van der Waals surface area contributed by atoms with E-state index in [1.807, 2.05) is 43.3 Å². The van der Waals surface area contributed by atoms with Crippen LogP contribution in [0.5, 0.6) is 0 Å². The zero-order valence-corrected chi connectivity index (χ0v) is 16.7. The molecule has 29 heavy (non-hydrogen) atoms. The number of aryl methyl sites for hydroxylation is 1. The maximum atomic E-state index is 5.95. The predicted octanol–water partition coefficient (Wildman–Crippen LogP) is 2.37. The lowest BCUT2D eigenvalue weighted by Crippen LogP contribution is -2.46. The summed E-state index contributed by atoms with van der Waals surface area (Å²) in [7, 11) is 0. The van der Waals surface area contributed by atoms with Gasteiger partial charge in [-0.1, -0.05) is 23.4 Å². The van der Waals surface area contributed by atoms with Gasteiger partial charge in [-0.05, 0) is 26.0 Å². The lowest BCUT2D eigenvalue weighted by molar-refractivity contribution is 0.0889. The van der Waals surface area contributed by atoms with Crippen LogP contribution in [0, 0.1) is 6.92 Å². The fourth-order valence-corrected chi connectivity index (χ4v) is 3.49. The first-order valence-electron chi connectivity index (χ1n) is 9.79. The van der Waals surface area contributed by atoms with E-state index >= 15 is 0 Å². The van der Waals surface area contributed by atoms with Crippen molar-refractivity contribution in [1.29, 1.82) is 0 Å². The van der Waals surface area contributed by atoms with Crippen LogP contribution in [-0.2, 0) is 6.54 Å². The van der Waals surface area contributed by atoms with Crippen LogP contribution in [0.2, 0.25) is 0 Å². The molecular weight excluding hydrogens is 368 g/mol. The van der Waals surface area contributed by atoms with E-state index in [4.69, 9.17) is 10.3 Å². The molecule has 2 aromatic heterocycles. The number of rotatable bonds is 6. The number of anilines is 3. The Bertz CT molecular complexity index is 937. The molecule has 0 aliphatic carbocycles. The molecule has 1 aliphatic heterocycles. The first-order valence-corrected chi connectivity index (χ1v) is 9.79. The summed E-state index contributed by atoms with van der Waals surface area (Å²) in [6.07, 6.45) is 0. The molecule has 1 saturated heterocycles. The van der Waals surface area contributed by atoms with Crippen molar-refractivity contribution in [2.24, 2.45) is 0 Å². The van der Waals surface area contributed by atoms with E-state index in [0.717, 1.165) is 49.9 Å². The second-order valence-corrected chi connectivity index (χ2v) is 7.29. The summed E-state index contributed by atoms with van der Waals surface area (Å²) in [6, 6.07) is 11.8. The molecule has 0 spiro atoms. The molecule has 3 N–H and O–H groups in total. The molecule has 152 valence electrons. The number of para-hydroxylation sites is 1. The number of nitrogen functional groups attached to an aromatic ring is 1. The molecule has 0 radical (unpaired) electrons. The molecule has 4 rings (SSSR count). The fraction of sp³-hybridized carbons (Fsp3) is 0.400. The van der Waals surface area contributed by atoms with Gasteiger partial charge in [0.15, 0.2) is 11.6 Å². The number of hydrogen-bond acceptors (Lipinski definition) is 9. The van der Waals surface area contributed by atoms with Gasteiger partial charge in [0.05, 0.1) is 18.3 Å². The summed E-state index contributed by atoms with van der Waals surface area (Å²) in [6.45, 7) is 8.56. The second kappa shape index (κ2) is 8.54. The summed E-state index contributed by atoms with van der Waals surface area (Å²) in [5, 5.41) is 7.15. The van der Waals surface area contributed by atoms with Crippen LogP contribution in [0.4, 0.5) is 17.6 Å². The molecule has 0 saturated carbocycles. The van der Waals surface area contributed by atoms with Crippen molar-refractivity contribution in [3.05, 3.63) is 53.7 Å². The highest BCUT2D eigenvalue weighted by Crippen LogP contribution is 2.22. The summed E-state index contributed by atoms with van der Waals surface area (Å²) < 4.78 is 5.33. The Morgan fingerprint density at radius 1 is 1.10 bits per heavy atom. The average molecular weight is 394 g/mol. The van der Waals surface area contributed by atoms with Crippen LogP contribution >= 0.6 is 0 Å². The molecule has 0 bridgehead atoms. The lowest BCUT2D eigenvalue weighted by atomic mass is 10.2. The van der Waals surface area contributed by atoms with Gasteiger partial charge in [0.1, 0.15) is 0 Å². The van der Waals surface area contributed by atoms with E-state index in [1.54, 1.807) is 0 Å². The van der Waals surface area contributed by atoms with Crippen LogP contribution in [0.3, 0.4) is 0 Å². The minimum atomic E-state index is 0.0475. The highest BCUT2D eigenvalue weighted by molar-refractivity contribution is 5.53. The van der Waals surface area contributed by atoms with Gasteiger partial charge in [-0.15, -0.1) is 0 Å². The van der Waals surface area contributed by atoms with Crippen molar-refractivity contribution in [2.45, 2.75) is 26.4 Å². The molecule has 3 aromatic rings. The summed E-state index contributed by atoms with van der Waals surface area (Å²) in [5.41, 5.74) is 7.77. The molecule has 9 nitrogen and oxygen atoms in total. The van der Waals surface area contributed by atoms with Crippen molar-refractivity contribution in [2.75, 3.05) is 37.2 Å². The van der Waals surface area contributed by atoms with E-state index < -0.39 is 0 Å². The van der Waals surface area contributed by atoms with Crippen LogP contribution in [0.25, 0.3) is 0 Å². The molecule has 9 heteroatoms. The number of nitrogens with two attached hydrogens (primary N) is 1. The first kappa shape index (κ1) is 19.3. The van der Waals surface area contributed by atoms with Gasteiger partial charge >= 0.3 is 0 Å². The van der Waals surface area contributed by atoms with Gasteiger partial charge in [0.25, 0.3) is 0 Å². The third-order valence-electron chi connectivity index (χ3n) is 5.08. The normalized spacial score (nSPS) is 16.6. The molecule has 1 atom stereocenters. The second-order valence-electron chi connectivity index (χ2n) is 7.29. The first-order chi connectivity index (χ1) is 14.1. The molecular formula is C20H26N8O. The predicted molar refractivity (Wildman–Crippen MR) is 110 cm³/mol. The Hall–Kier alpha value is -3.04. The quantitative estimate of drug-likeness (QED) is 0.651. The standard InChI is InChI=1S/C20H26N8O/c1-14-12-17(29-26-14)13-27-8-10-28(11-9-27)15(2)18-23-19(21)25-20(24-18)22-16-6-4-3-5-7-16/h3-7,12,15H,8-11,13H2,1-2H3,(H3,21,22,23,24,25)/t15-/m0/s1. The van der Waals surface area contributed by atoms with Crippen molar-refractivity contribution in [1.82, 2.24) is 29.9 Å². The minimum absolute atomic E-state index is 0.0475. The van der Waals surface area contributed by atoms with E-state index in [0.29, 0.717) is 11.8 Å². The van der Waals surface area contributed by atoms with Crippen LogP contribution < -0.4 is 11.1 Å². The lowest BCUT2D eigenvalue weighted by Gasteiger charge is -2.37. The molecule has 3 heterocycles. The highest BCUT2D eigenvalue weighted by atomic mass is 16.5. The molecule has 0 amide bonds. The Kier molecular flexibility index (Phi) is 5.68. The maximum absolute atomic E-state index is 5.95. The van der Waals surface area contributed by atoms with Crippen molar-refractivity contribution in [3.63, 3.8) is 0 Å². The Balaban J connectivity index is 1.38. The number of aromatic nitrogens is 4. The largest absolute Gasteiger partial charge is 0.368 e. The summed E-state index contributed by atoms with van der Waals surface area (Å²) in [5.74, 6) is 2.27. The van der Waals surface area contributed by atoms with Gasteiger partial charge in [-0.2, -0.15) is 15.0 Å². The van der Waals surface area contributed by atoms with E-state index in [9.17, 15) is 0 Å². The van der Waals surface area contributed by atoms with Crippen molar-refractivity contribution in [3.8, 4) is 0 Å².